The summed E-state index contributed by atoms with van der Waals surface area (Å²) >= 11 is 0. The van der Waals surface area contributed by atoms with Crippen LogP contribution in [0.3, 0.4) is 0 Å². The third kappa shape index (κ3) is 4.01. The molecule has 0 radical (unpaired) electrons. The van der Waals surface area contributed by atoms with Crippen LogP contribution in [0.1, 0.15) is 33.1 Å². The highest BCUT2D eigenvalue weighted by molar-refractivity contribution is 5.37. The molecule has 54 valence electrons. The largest absolute Gasteiger partial charge is 0.465 e. The maximum Gasteiger partial charge on any atom is 0.293 e. The molecular formula is C7H14O2. The number of rotatable bonds is 5. The molecule has 0 bridgehead atoms. The van der Waals surface area contributed by atoms with Crippen LogP contribution in [0.4, 0.5) is 0 Å². The summed E-state index contributed by atoms with van der Waals surface area (Å²) in [6, 6.07) is 0. The van der Waals surface area contributed by atoms with Crippen molar-refractivity contribution in [1.82, 2.24) is 0 Å². The molecule has 0 fully saturated rings. The van der Waals surface area contributed by atoms with Gasteiger partial charge in [0.2, 0.25) is 0 Å². The number of carbonyl (C=O) groups excluding carboxylic acids is 1. The minimum Gasteiger partial charge on any atom is -0.465 e. The highest BCUT2D eigenvalue weighted by atomic mass is 16.5. The van der Waals surface area contributed by atoms with Crippen LogP contribution < -0.4 is 0 Å². The maximum absolute atomic E-state index is 9.83. The Hall–Kier alpha value is -0.530. The van der Waals surface area contributed by atoms with E-state index in [-0.39, 0.29) is 6.10 Å². The van der Waals surface area contributed by atoms with Gasteiger partial charge in [-0.05, 0) is 12.8 Å². The van der Waals surface area contributed by atoms with Crippen molar-refractivity contribution in [2.75, 3.05) is 0 Å². The average Bonchev–Trinajstić information content (AvgIpc) is 1.88. The van der Waals surface area contributed by atoms with Gasteiger partial charge in [0.15, 0.2) is 0 Å². The van der Waals surface area contributed by atoms with Gasteiger partial charge in [-0.15, -0.1) is 0 Å². The van der Waals surface area contributed by atoms with Crippen LogP contribution in [0.5, 0.6) is 0 Å². The smallest absolute Gasteiger partial charge is 0.293 e. The first-order valence-corrected chi connectivity index (χ1v) is 3.44. The summed E-state index contributed by atoms with van der Waals surface area (Å²) in [5.41, 5.74) is 0. The second-order valence-electron chi connectivity index (χ2n) is 2.05. The zero-order valence-corrected chi connectivity index (χ0v) is 6.09. The molecule has 1 unspecified atom stereocenters. The monoisotopic (exact) mass is 130 g/mol. The number of hydrogen-bond acceptors (Lipinski definition) is 2. The van der Waals surface area contributed by atoms with Crippen LogP contribution in [-0.2, 0) is 9.53 Å². The van der Waals surface area contributed by atoms with Gasteiger partial charge in [-0.1, -0.05) is 20.3 Å². The molecule has 0 aromatic carbocycles. The third-order valence-electron chi connectivity index (χ3n) is 1.31. The van der Waals surface area contributed by atoms with E-state index in [2.05, 4.69) is 6.92 Å². The van der Waals surface area contributed by atoms with Crippen molar-refractivity contribution in [2.45, 2.75) is 39.2 Å². The molecule has 2 nitrogen and oxygen atoms in total. The zero-order valence-electron chi connectivity index (χ0n) is 6.09. The highest BCUT2D eigenvalue weighted by Gasteiger charge is 2.02. The molecule has 0 saturated carbocycles. The van der Waals surface area contributed by atoms with E-state index in [0.717, 1.165) is 19.3 Å². The Morgan fingerprint density at radius 2 is 2.22 bits per heavy atom. The zero-order chi connectivity index (χ0) is 7.11. The van der Waals surface area contributed by atoms with E-state index in [1.165, 1.54) is 0 Å². The van der Waals surface area contributed by atoms with Crippen LogP contribution in [0.25, 0.3) is 0 Å². The van der Waals surface area contributed by atoms with Crippen molar-refractivity contribution in [3.8, 4) is 0 Å². The Labute approximate surface area is 56.2 Å². The van der Waals surface area contributed by atoms with Gasteiger partial charge in [0.1, 0.15) is 6.10 Å². The Balaban J connectivity index is 3.28. The molecule has 0 heterocycles. The highest BCUT2D eigenvalue weighted by Crippen LogP contribution is 2.03. The van der Waals surface area contributed by atoms with Crippen molar-refractivity contribution < 1.29 is 9.53 Å². The summed E-state index contributed by atoms with van der Waals surface area (Å²) < 4.78 is 4.75. The first-order valence-electron chi connectivity index (χ1n) is 3.44. The normalized spacial score (nSPS) is 12.7. The Kier molecular flexibility index (Phi) is 5.27. The fraction of sp³-hybridized carbons (Fsp3) is 0.857. The number of hydrogen-bond donors (Lipinski definition) is 0. The molecular weight excluding hydrogens is 116 g/mol. The van der Waals surface area contributed by atoms with Gasteiger partial charge < -0.3 is 4.74 Å². The van der Waals surface area contributed by atoms with Gasteiger partial charge in [-0.3, -0.25) is 4.79 Å². The molecule has 0 aliphatic carbocycles. The summed E-state index contributed by atoms with van der Waals surface area (Å²) in [6.07, 6.45) is 3.13. The van der Waals surface area contributed by atoms with Crippen molar-refractivity contribution in [3.05, 3.63) is 0 Å². The molecule has 0 N–H and O–H groups in total. The van der Waals surface area contributed by atoms with E-state index in [1.807, 2.05) is 6.92 Å². The average molecular weight is 130 g/mol. The van der Waals surface area contributed by atoms with Crippen LogP contribution in [0, 0.1) is 0 Å². The van der Waals surface area contributed by atoms with E-state index in [4.69, 9.17) is 4.74 Å². The molecule has 0 aliphatic heterocycles. The molecule has 9 heavy (non-hydrogen) atoms. The van der Waals surface area contributed by atoms with Crippen LogP contribution >= 0.6 is 0 Å². The van der Waals surface area contributed by atoms with Gasteiger partial charge >= 0.3 is 0 Å². The van der Waals surface area contributed by atoms with Crippen molar-refractivity contribution in [1.29, 1.82) is 0 Å². The Morgan fingerprint density at radius 1 is 1.56 bits per heavy atom. The molecule has 2 heteroatoms. The van der Waals surface area contributed by atoms with Crippen LogP contribution in [0.15, 0.2) is 0 Å². The predicted octanol–water partition coefficient (Wildman–Crippen LogP) is 1.74. The minimum absolute atomic E-state index is 0.146. The SMILES string of the molecule is CCCC(CC)OC=O. The van der Waals surface area contributed by atoms with Crippen molar-refractivity contribution in [2.24, 2.45) is 0 Å². The van der Waals surface area contributed by atoms with E-state index in [9.17, 15) is 4.79 Å². The van der Waals surface area contributed by atoms with E-state index >= 15 is 0 Å². The summed E-state index contributed by atoms with van der Waals surface area (Å²) in [5, 5.41) is 0. The lowest BCUT2D eigenvalue weighted by Crippen LogP contribution is -2.09. The van der Waals surface area contributed by atoms with Gasteiger partial charge in [-0.2, -0.15) is 0 Å². The number of ether oxygens (including phenoxy) is 1. The summed E-state index contributed by atoms with van der Waals surface area (Å²) in [4.78, 5) is 9.83. The van der Waals surface area contributed by atoms with Crippen molar-refractivity contribution in [3.63, 3.8) is 0 Å². The molecule has 0 amide bonds. The Morgan fingerprint density at radius 3 is 2.56 bits per heavy atom. The molecule has 0 aliphatic rings. The summed E-state index contributed by atoms with van der Waals surface area (Å²) in [5.74, 6) is 0. The van der Waals surface area contributed by atoms with Crippen LogP contribution in [-0.4, -0.2) is 12.6 Å². The Bertz CT molecular complexity index is 71.3. The molecule has 0 spiro atoms. The lowest BCUT2D eigenvalue weighted by molar-refractivity contribution is -0.133. The lowest BCUT2D eigenvalue weighted by atomic mass is 10.2. The topological polar surface area (TPSA) is 26.3 Å². The van der Waals surface area contributed by atoms with Gasteiger partial charge in [0.05, 0.1) is 0 Å². The second-order valence-corrected chi connectivity index (χ2v) is 2.05. The maximum atomic E-state index is 9.83. The molecule has 0 aromatic rings. The number of carbonyl (C=O) groups is 1. The fourth-order valence-electron chi connectivity index (χ4n) is 0.769. The molecule has 0 rings (SSSR count). The minimum atomic E-state index is 0.146. The molecule has 1 atom stereocenters. The fourth-order valence-corrected chi connectivity index (χ4v) is 0.769. The van der Waals surface area contributed by atoms with E-state index < -0.39 is 0 Å². The summed E-state index contributed by atoms with van der Waals surface area (Å²) in [7, 11) is 0. The molecule has 0 saturated heterocycles. The van der Waals surface area contributed by atoms with Gasteiger partial charge in [0.25, 0.3) is 6.47 Å². The first-order chi connectivity index (χ1) is 4.35. The standard InChI is InChI=1S/C7H14O2/c1-3-5-7(4-2)9-6-8/h6-7H,3-5H2,1-2H3. The quantitative estimate of drug-likeness (QED) is 0.530. The lowest BCUT2D eigenvalue weighted by Gasteiger charge is -2.09. The predicted molar refractivity (Wildman–Crippen MR) is 36.1 cm³/mol. The third-order valence-corrected chi connectivity index (χ3v) is 1.31. The second kappa shape index (κ2) is 5.60. The van der Waals surface area contributed by atoms with Crippen LogP contribution in [0.2, 0.25) is 0 Å². The van der Waals surface area contributed by atoms with Gasteiger partial charge in [0, 0.05) is 0 Å². The molecule has 0 aromatic heterocycles. The van der Waals surface area contributed by atoms with Crippen molar-refractivity contribution >= 4 is 6.47 Å². The van der Waals surface area contributed by atoms with Gasteiger partial charge in [-0.25, -0.2) is 0 Å². The van der Waals surface area contributed by atoms with E-state index in [1.54, 1.807) is 0 Å². The summed E-state index contributed by atoms with van der Waals surface area (Å²) in [6.45, 7) is 4.63. The first kappa shape index (κ1) is 8.47. The van der Waals surface area contributed by atoms with E-state index in [0.29, 0.717) is 6.47 Å².